The highest BCUT2D eigenvalue weighted by atomic mass is 32.2. The molecule has 2 aromatic carbocycles. The van der Waals surface area contributed by atoms with E-state index in [0.717, 1.165) is 41.5 Å². The lowest BCUT2D eigenvalue weighted by molar-refractivity contribution is -0.969. The average Bonchev–Trinajstić information content (AvgIpc) is 3.55. The molecule has 3 amide bonds. The van der Waals surface area contributed by atoms with Crippen LogP contribution in [0.4, 0.5) is 15.3 Å². The number of aryl methyl sites for hydroxylation is 1. The van der Waals surface area contributed by atoms with Gasteiger partial charge >= 0.3 is 6.03 Å². The van der Waals surface area contributed by atoms with Crippen LogP contribution in [-0.4, -0.2) is 142 Å². The Labute approximate surface area is 304 Å². The third-order valence-electron chi connectivity index (χ3n) is 12.5. The van der Waals surface area contributed by atoms with Gasteiger partial charge in [-0.05, 0) is 62.4 Å². The number of likely N-dealkylation sites (tertiary alicyclic amines) is 2. The van der Waals surface area contributed by atoms with Crippen molar-refractivity contribution in [2.45, 2.75) is 76.2 Å². The van der Waals surface area contributed by atoms with Crippen LogP contribution in [0.2, 0.25) is 0 Å². The number of carbonyl (C=O) groups is 3. The van der Waals surface area contributed by atoms with Crippen LogP contribution in [0, 0.1) is 6.92 Å². The average molecular weight is 736 g/mol. The number of nitrogens with one attached hydrogen (secondary N) is 2. The van der Waals surface area contributed by atoms with E-state index in [2.05, 4.69) is 30.5 Å². The summed E-state index contributed by atoms with van der Waals surface area (Å²) in [5.41, 5.74) is 3.55. The van der Waals surface area contributed by atoms with Gasteiger partial charge in [0.15, 0.2) is 5.66 Å². The lowest BCUT2D eigenvalue weighted by Crippen LogP contribution is -2.81. The molecule has 0 aliphatic carbocycles. The smallest absolute Gasteiger partial charge is 0.322 e. The minimum atomic E-state index is -3.26. The van der Waals surface area contributed by atoms with Gasteiger partial charge in [-0.3, -0.25) is 14.3 Å². The number of aldehydes is 1. The largest absolute Gasteiger partial charge is 0.498 e. The molecule has 2 N–H and O–H groups in total. The summed E-state index contributed by atoms with van der Waals surface area (Å²) < 4.78 is 25.3. The van der Waals surface area contributed by atoms with Crippen molar-refractivity contribution < 1.29 is 32.4 Å². The van der Waals surface area contributed by atoms with E-state index in [0.29, 0.717) is 69.7 Å². The number of nitrogens with zero attached hydrogens (tertiary/aromatic N) is 7. The van der Waals surface area contributed by atoms with Crippen molar-refractivity contribution in [3.05, 3.63) is 53.1 Å². The van der Waals surface area contributed by atoms with Gasteiger partial charge in [0, 0.05) is 82.0 Å². The summed E-state index contributed by atoms with van der Waals surface area (Å²) in [6.45, 7) is 7.66. The third-order valence-corrected chi connectivity index (χ3v) is 13.8. The molecule has 3 saturated heterocycles. The number of H-pyrrole nitrogens is 1. The topological polar surface area (TPSA) is 175 Å². The fraction of sp³-hybridized carbons (Fsp3) is 0.583. The van der Waals surface area contributed by atoms with Gasteiger partial charge in [0.05, 0.1) is 19.2 Å². The SMILES string of the molecule is Cc1cc(C(C)[N@+]2(C(=O)[O-])CCC(N3CCc4ccccc4NC3=O)CC2(CC=O)N2CCC(N3CCN(S(C)(=O)=O)CC3)CC2)cc2n[nH]nc12. The number of aromatic amines is 1. The van der Waals surface area contributed by atoms with Crippen LogP contribution in [0.5, 0.6) is 0 Å². The van der Waals surface area contributed by atoms with Gasteiger partial charge < -0.3 is 24.9 Å². The number of carbonyl (C=O) groups excluding carboxylic acids is 3. The number of hydrogen-bond acceptors (Lipinski definition) is 10. The van der Waals surface area contributed by atoms with Crippen LogP contribution in [0.1, 0.15) is 61.8 Å². The molecule has 280 valence electrons. The summed E-state index contributed by atoms with van der Waals surface area (Å²) in [6, 6.07) is 10.6. The van der Waals surface area contributed by atoms with Gasteiger partial charge in [0.25, 0.3) is 6.09 Å². The maximum Gasteiger partial charge on any atom is 0.322 e. The molecule has 7 rings (SSSR count). The van der Waals surface area contributed by atoms with Gasteiger partial charge in [-0.2, -0.15) is 19.7 Å². The lowest BCUT2D eigenvalue weighted by atomic mass is 9.79. The number of piperidine rings is 2. The van der Waals surface area contributed by atoms with Crippen LogP contribution in [0.25, 0.3) is 11.0 Å². The lowest BCUT2D eigenvalue weighted by Gasteiger charge is -2.63. The molecule has 4 aliphatic rings. The first-order valence-electron chi connectivity index (χ1n) is 18.3. The summed E-state index contributed by atoms with van der Waals surface area (Å²) in [5, 5.41) is 28.4. The first kappa shape index (κ1) is 36.4. The summed E-state index contributed by atoms with van der Waals surface area (Å²) in [6.07, 6.45) is 3.57. The molecule has 0 saturated carbocycles. The minimum absolute atomic E-state index is 0.0552. The van der Waals surface area contributed by atoms with Crippen molar-refractivity contribution in [2.24, 2.45) is 0 Å². The van der Waals surface area contributed by atoms with Crippen molar-refractivity contribution >= 4 is 45.2 Å². The van der Waals surface area contributed by atoms with Crippen LogP contribution in [0.15, 0.2) is 36.4 Å². The Morgan fingerprint density at radius 3 is 2.48 bits per heavy atom. The van der Waals surface area contributed by atoms with Gasteiger partial charge in [0.1, 0.15) is 23.4 Å². The number of urea groups is 1. The third kappa shape index (κ3) is 6.27. The Bertz CT molecular complexity index is 1940. The Morgan fingerprint density at radius 2 is 1.79 bits per heavy atom. The number of para-hydroxylation sites is 1. The zero-order valence-electron chi connectivity index (χ0n) is 30.2. The summed E-state index contributed by atoms with van der Waals surface area (Å²) >= 11 is 0. The van der Waals surface area contributed by atoms with E-state index < -0.39 is 32.3 Å². The monoisotopic (exact) mass is 735 g/mol. The number of piperazine rings is 1. The molecule has 3 fully saturated rings. The zero-order valence-corrected chi connectivity index (χ0v) is 31.0. The van der Waals surface area contributed by atoms with Crippen LogP contribution in [-0.2, 0) is 21.2 Å². The summed E-state index contributed by atoms with van der Waals surface area (Å²) in [4.78, 5) is 47.2. The number of aromatic nitrogens is 3. The van der Waals surface area contributed by atoms with Crippen LogP contribution < -0.4 is 10.4 Å². The van der Waals surface area contributed by atoms with E-state index in [-0.39, 0.29) is 37.5 Å². The van der Waals surface area contributed by atoms with Crippen molar-refractivity contribution in [2.75, 3.05) is 63.9 Å². The van der Waals surface area contributed by atoms with E-state index in [1.807, 2.05) is 55.1 Å². The van der Waals surface area contributed by atoms with Gasteiger partial charge in [0.2, 0.25) is 10.0 Å². The number of amides is 3. The number of anilines is 1. The Morgan fingerprint density at radius 1 is 1.06 bits per heavy atom. The predicted octanol–water partition coefficient (Wildman–Crippen LogP) is 2.07. The highest BCUT2D eigenvalue weighted by molar-refractivity contribution is 7.88. The fourth-order valence-corrected chi connectivity index (χ4v) is 10.6. The van der Waals surface area contributed by atoms with Gasteiger partial charge in [-0.25, -0.2) is 13.2 Å². The molecule has 5 heterocycles. The Hall–Kier alpha value is -3.96. The van der Waals surface area contributed by atoms with E-state index in [1.165, 1.54) is 10.6 Å². The fourth-order valence-electron chi connectivity index (χ4n) is 9.76. The predicted molar refractivity (Wildman–Crippen MR) is 192 cm³/mol. The second-order valence-corrected chi connectivity index (χ2v) is 17.0. The highest BCUT2D eigenvalue weighted by Gasteiger charge is 2.63. The summed E-state index contributed by atoms with van der Waals surface area (Å²) in [7, 11) is -3.26. The first-order valence-corrected chi connectivity index (χ1v) is 20.2. The van der Waals surface area contributed by atoms with Crippen molar-refractivity contribution in [3.8, 4) is 0 Å². The number of carboxylic acid groups (broad SMARTS) is 1. The molecule has 16 heteroatoms. The molecular formula is C36H49N9O6S. The van der Waals surface area contributed by atoms with Crippen LogP contribution in [0.3, 0.4) is 0 Å². The van der Waals surface area contributed by atoms with Crippen LogP contribution >= 0.6 is 0 Å². The van der Waals surface area contributed by atoms with Gasteiger partial charge in [-0.15, -0.1) is 0 Å². The molecule has 1 aromatic heterocycles. The highest BCUT2D eigenvalue weighted by Crippen LogP contribution is 2.50. The normalized spacial score (nSPS) is 27.9. The van der Waals surface area contributed by atoms with E-state index in [9.17, 15) is 27.9 Å². The first-order chi connectivity index (χ1) is 24.9. The maximum atomic E-state index is 14.0. The number of sulfonamides is 1. The molecular weight excluding hydrogens is 687 g/mol. The molecule has 4 aliphatic heterocycles. The molecule has 0 radical (unpaired) electrons. The Balaban J connectivity index is 1.24. The van der Waals surface area contributed by atoms with E-state index in [4.69, 9.17) is 0 Å². The van der Waals surface area contributed by atoms with Crippen molar-refractivity contribution in [3.63, 3.8) is 0 Å². The molecule has 0 spiro atoms. The van der Waals surface area contributed by atoms with Gasteiger partial charge in [-0.1, -0.05) is 18.2 Å². The molecule has 4 atom stereocenters. The molecule has 0 bridgehead atoms. The minimum Gasteiger partial charge on any atom is -0.498 e. The van der Waals surface area contributed by atoms with E-state index in [1.54, 1.807) is 0 Å². The standard InChI is InChI=1S/C36H49N9O6S/c1-25-22-28(23-32-33(25)39-40-38-32)26(2)45(35(48)49)20-11-30(44-15-8-27-6-4-5-7-31(27)37-34(44)47)24-36(45,12-21-46)42-13-9-29(10-14-42)41-16-18-43(19-17-41)52(3,50)51/h4-7,21-23,26,29-30H,8-20,24H2,1-3H3,(H2-,37,38,39,40,47,48,49)/t26?,30?,36?,45-/m0/s1. The van der Waals surface area contributed by atoms with Crippen molar-refractivity contribution in [1.29, 1.82) is 0 Å². The number of rotatable bonds is 8. The molecule has 3 aromatic rings. The number of quaternary nitrogens is 1. The maximum absolute atomic E-state index is 14.0. The number of fused-ring (bicyclic) bond motifs is 2. The summed E-state index contributed by atoms with van der Waals surface area (Å²) in [5.74, 6) is 0. The molecule has 15 nitrogen and oxygen atoms in total. The molecule has 52 heavy (non-hydrogen) atoms. The van der Waals surface area contributed by atoms with E-state index >= 15 is 0 Å². The molecule has 3 unspecified atom stereocenters. The second-order valence-electron chi connectivity index (χ2n) is 15.0. The number of benzene rings is 2. The number of hydrogen-bond donors (Lipinski definition) is 2. The quantitative estimate of drug-likeness (QED) is 0.258. The van der Waals surface area contributed by atoms with Crippen molar-refractivity contribution in [1.82, 2.24) is 34.4 Å². The second kappa shape index (κ2) is 14.1. The Kier molecular flexibility index (Phi) is 9.88. The zero-order chi connectivity index (χ0) is 36.8.